The summed E-state index contributed by atoms with van der Waals surface area (Å²) in [6.45, 7) is 6.83. The van der Waals surface area contributed by atoms with Crippen LogP contribution in [-0.2, 0) is 11.3 Å². The number of nitrogens with one attached hydrogen (secondary N) is 2. The van der Waals surface area contributed by atoms with Crippen LogP contribution in [0.1, 0.15) is 29.2 Å². The van der Waals surface area contributed by atoms with E-state index in [1.54, 1.807) is 12.4 Å². The van der Waals surface area contributed by atoms with Crippen LogP contribution < -0.4 is 15.4 Å². The Bertz CT molecular complexity index is 989. The van der Waals surface area contributed by atoms with Crippen molar-refractivity contribution in [1.29, 1.82) is 0 Å². The monoisotopic (exact) mass is 394 g/mol. The van der Waals surface area contributed by atoms with E-state index >= 15 is 0 Å². The Labute approximate surface area is 169 Å². The predicted octanol–water partition coefficient (Wildman–Crippen LogP) is 1.72. The third kappa shape index (κ3) is 4.22. The number of carbonyl (C=O) groups is 1. The number of carbonyl (C=O) groups excluding carboxylic acids is 1. The zero-order valence-electron chi connectivity index (χ0n) is 16.8. The molecule has 29 heavy (non-hydrogen) atoms. The molecule has 0 radical (unpaired) electrons. The summed E-state index contributed by atoms with van der Waals surface area (Å²) in [5, 5.41) is 11.0. The molecule has 0 spiro atoms. The van der Waals surface area contributed by atoms with Gasteiger partial charge in [0.25, 0.3) is 5.91 Å². The van der Waals surface area contributed by atoms with Gasteiger partial charge in [-0.2, -0.15) is 5.10 Å². The Kier molecular flexibility index (Phi) is 5.71. The second-order valence-corrected chi connectivity index (χ2v) is 7.39. The first-order valence-corrected chi connectivity index (χ1v) is 9.97. The SMILES string of the molecule is Cc1cccc(C)c1OCC(=O)NCCn1nc([C@H]2CCNC2)c2nccnc21. The van der Waals surface area contributed by atoms with Crippen molar-refractivity contribution in [1.82, 2.24) is 30.4 Å². The molecule has 0 bridgehead atoms. The number of hydrogen-bond donors (Lipinski definition) is 2. The minimum atomic E-state index is -0.157. The lowest BCUT2D eigenvalue weighted by atomic mass is 10.0. The minimum absolute atomic E-state index is 0.00958. The summed E-state index contributed by atoms with van der Waals surface area (Å²) >= 11 is 0. The lowest BCUT2D eigenvalue weighted by Gasteiger charge is -2.12. The van der Waals surface area contributed by atoms with Crippen LogP contribution >= 0.6 is 0 Å². The van der Waals surface area contributed by atoms with Gasteiger partial charge in [-0.1, -0.05) is 18.2 Å². The van der Waals surface area contributed by atoms with Gasteiger partial charge in [-0.3, -0.25) is 4.79 Å². The molecule has 4 rings (SSSR count). The fourth-order valence-electron chi connectivity index (χ4n) is 3.76. The molecule has 1 atom stereocenters. The first-order chi connectivity index (χ1) is 14.1. The van der Waals surface area contributed by atoms with Crippen LogP contribution in [0.25, 0.3) is 11.2 Å². The smallest absolute Gasteiger partial charge is 0.258 e. The van der Waals surface area contributed by atoms with Crippen molar-refractivity contribution in [3.05, 3.63) is 47.4 Å². The summed E-state index contributed by atoms with van der Waals surface area (Å²) in [5.74, 6) is 0.969. The summed E-state index contributed by atoms with van der Waals surface area (Å²) in [7, 11) is 0. The van der Waals surface area contributed by atoms with E-state index < -0.39 is 0 Å². The van der Waals surface area contributed by atoms with Gasteiger partial charge in [0.05, 0.1) is 12.2 Å². The molecule has 0 aliphatic carbocycles. The maximum Gasteiger partial charge on any atom is 0.258 e. The fourth-order valence-corrected chi connectivity index (χ4v) is 3.76. The number of aromatic nitrogens is 4. The van der Waals surface area contributed by atoms with E-state index in [9.17, 15) is 4.79 Å². The number of fused-ring (bicyclic) bond motifs is 1. The maximum atomic E-state index is 12.2. The van der Waals surface area contributed by atoms with E-state index in [2.05, 4.69) is 20.6 Å². The van der Waals surface area contributed by atoms with Crippen LogP contribution in [-0.4, -0.2) is 51.9 Å². The molecule has 1 saturated heterocycles. The topological polar surface area (TPSA) is 94.0 Å². The van der Waals surface area contributed by atoms with Crippen LogP contribution in [0.4, 0.5) is 0 Å². The van der Waals surface area contributed by atoms with Crippen molar-refractivity contribution in [3.8, 4) is 5.75 Å². The number of amides is 1. The highest BCUT2D eigenvalue weighted by Gasteiger charge is 2.24. The van der Waals surface area contributed by atoms with Gasteiger partial charge in [-0.05, 0) is 37.9 Å². The molecular formula is C21H26N6O2. The number of benzene rings is 1. The molecule has 0 saturated carbocycles. The van der Waals surface area contributed by atoms with Gasteiger partial charge in [0.2, 0.25) is 0 Å². The van der Waals surface area contributed by atoms with Crippen molar-refractivity contribution >= 4 is 17.1 Å². The maximum absolute atomic E-state index is 12.2. The van der Waals surface area contributed by atoms with Gasteiger partial charge in [0.1, 0.15) is 11.3 Å². The number of ether oxygens (including phenoxy) is 1. The van der Waals surface area contributed by atoms with E-state index in [4.69, 9.17) is 9.84 Å². The van der Waals surface area contributed by atoms with Gasteiger partial charge in [0.15, 0.2) is 12.3 Å². The van der Waals surface area contributed by atoms with Crippen molar-refractivity contribution in [2.45, 2.75) is 32.7 Å². The predicted molar refractivity (Wildman–Crippen MR) is 110 cm³/mol. The zero-order valence-corrected chi connectivity index (χ0v) is 16.8. The quantitative estimate of drug-likeness (QED) is 0.634. The first kappa shape index (κ1) is 19.3. The average molecular weight is 394 g/mol. The van der Waals surface area contributed by atoms with Crippen LogP contribution in [0.3, 0.4) is 0 Å². The van der Waals surface area contributed by atoms with E-state index in [1.807, 2.05) is 36.7 Å². The fraction of sp³-hybridized carbons (Fsp3) is 0.429. The normalized spacial score (nSPS) is 16.3. The van der Waals surface area contributed by atoms with Crippen molar-refractivity contribution in [3.63, 3.8) is 0 Å². The molecule has 0 unspecified atom stereocenters. The highest BCUT2D eigenvalue weighted by atomic mass is 16.5. The Balaban J connectivity index is 1.36. The summed E-state index contributed by atoms with van der Waals surface area (Å²) < 4.78 is 7.55. The van der Waals surface area contributed by atoms with Crippen LogP contribution in [0.2, 0.25) is 0 Å². The van der Waals surface area contributed by atoms with Crippen molar-refractivity contribution < 1.29 is 9.53 Å². The second kappa shape index (κ2) is 8.57. The highest BCUT2D eigenvalue weighted by Crippen LogP contribution is 2.26. The number of para-hydroxylation sites is 1. The Morgan fingerprint density at radius 1 is 1.28 bits per heavy atom. The molecule has 1 amide bonds. The van der Waals surface area contributed by atoms with Crippen molar-refractivity contribution in [2.75, 3.05) is 26.2 Å². The summed E-state index contributed by atoms with van der Waals surface area (Å²) in [6.07, 6.45) is 4.43. The Morgan fingerprint density at radius 3 is 2.83 bits per heavy atom. The van der Waals surface area contributed by atoms with Crippen LogP contribution in [0.15, 0.2) is 30.6 Å². The Morgan fingerprint density at radius 2 is 2.07 bits per heavy atom. The van der Waals surface area contributed by atoms with Crippen LogP contribution in [0.5, 0.6) is 5.75 Å². The van der Waals surface area contributed by atoms with Gasteiger partial charge >= 0.3 is 0 Å². The zero-order chi connectivity index (χ0) is 20.2. The summed E-state index contributed by atoms with van der Waals surface area (Å²) in [6, 6.07) is 5.92. The third-order valence-corrected chi connectivity index (χ3v) is 5.24. The Hall–Kier alpha value is -3.00. The van der Waals surface area contributed by atoms with Gasteiger partial charge in [-0.25, -0.2) is 14.6 Å². The second-order valence-electron chi connectivity index (χ2n) is 7.39. The van der Waals surface area contributed by atoms with Gasteiger partial charge < -0.3 is 15.4 Å². The lowest BCUT2D eigenvalue weighted by molar-refractivity contribution is -0.123. The molecule has 3 aromatic rings. The molecule has 8 nitrogen and oxygen atoms in total. The van der Waals surface area contributed by atoms with E-state index in [1.165, 1.54) is 0 Å². The molecule has 1 aliphatic rings. The van der Waals surface area contributed by atoms with E-state index in [0.717, 1.165) is 53.2 Å². The van der Waals surface area contributed by atoms with Crippen molar-refractivity contribution in [2.24, 2.45) is 0 Å². The largest absolute Gasteiger partial charge is 0.483 e. The standard InChI is InChI=1S/C21H26N6O2/c1-14-4-3-5-15(2)20(14)29-13-17(28)23-10-11-27-21-19(24-8-9-25-21)18(26-27)16-6-7-22-12-16/h3-5,8-9,16,22H,6-7,10-13H2,1-2H3,(H,23,28)/t16-/m0/s1. The molecule has 8 heteroatoms. The molecule has 1 aromatic carbocycles. The average Bonchev–Trinajstić information content (AvgIpc) is 3.36. The molecule has 3 heterocycles. The molecule has 2 N–H and O–H groups in total. The molecule has 1 fully saturated rings. The third-order valence-electron chi connectivity index (χ3n) is 5.24. The summed E-state index contributed by atoms with van der Waals surface area (Å²) in [4.78, 5) is 21.1. The molecule has 2 aromatic heterocycles. The van der Waals surface area contributed by atoms with E-state index in [-0.39, 0.29) is 12.5 Å². The molecule has 152 valence electrons. The van der Waals surface area contributed by atoms with Crippen LogP contribution in [0, 0.1) is 13.8 Å². The summed E-state index contributed by atoms with van der Waals surface area (Å²) in [5.41, 5.74) is 4.64. The van der Waals surface area contributed by atoms with Gasteiger partial charge in [-0.15, -0.1) is 0 Å². The highest BCUT2D eigenvalue weighted by molar-refractivity contribution is 5.77. The number of rotatable bonds is 7. The lowest BCUT2D eigenvalue weighted by Crippen LogP contribution is -2.32. The molecular weight excluding hydrogens is 368 g/mol. The van der Waals surface area contributed by atoms with Gasteiger partial charge in [0, 0.05) is 31.4 Å². The first-order valence-electron chi connectivity index (χ1n) is 9.97. The van der Waals surface area contributed by atoms with E-state index in [0.29, 0.717) is 19.0 Å². The minimum Gasteiger partial charge on any atom is -0.483 e. The number of nitrogens with zero attached hydrogens (tertiary/aromatic N) is 4. The number of hydrogen-bond acceptors (Lipinski definition) is 6. The number of aryl methyl sites for hydroxylation is 2. The molecule has 1 aliphatic heterocycles.